The summed E-state index contributed by atoms with van der Waals surface area (Å²) < 4.78 is 55.8. The van der Waals surface area contributed by atoms with Crippen molar-refractivity contribution in [3.05, 3.63) is 29.6 Å². The molecule has 22 heavy (non-hydrogen) atoms. The van der Waals surface area contributed by atoms with E-state index in [1.165, 1.54) is 6.07 Å². The first-order valence-electron chi connectivity index (χ1n) is 6.49. The van der Waals surface area contributed by atoms with Crippen molar-refractivity contribution in [3.63, 3.8) is 0 Å². The molecule has 1 unspecified atom stereocenters. The van der Waals surface area contributed by atoms with Crippen LogP contribution in [0.5, 0.6) is 0 Å². The van der Waals surface area contributed by atoms with Crippen molar-refractivity contribution in [2.24, 2.45) is 5.73 Å². The molecule has 0 fully saturated rings. The minimum Gasteiger partial charge on any atom is -0.444 e. The Morgan fingerprint density at radius 1 is 1.32 bits per heavy atom. The molecule has 0 spiro atoms. The molecule has 0 radical (unpaired) electrons. The van der Waals surface area contributed by atoms with Crippen molar-refractivity contribution >= 4 is 11.8 Å². The molecule has 0 saturated carbocycles. The second-order valence-corrected chi connectivity index (χ2v) is 5.79. The molecule has 4 nitrogen and oxygen atoms in total. The summed E-state index contributed by atoms with van der Waals surface area (Å²) in [5.41, 5.74) is 4.14. The van der Waals surface area contributed by atoms with Gasteiger partial charge in [0.1, 0.15) is 17.5 Å². The van der Waals surface area contributed by atoms with E-state index in [9.17, 15) is 22.4 Å². The lowest BCUT2D eigenvalue weighted by Gasteiger charge is -2.20. The average molecular weight is 322 g/mol. The number of hydrogen-bond donors (Lipinski definition) is 2. The van der Waals surface area contributed by atoms with Gasteiger partial charge in [-0.1, -0.05) is 6.07 Å². The summed E-state index contributed by atoms with van der Waals surface area (Å²) in [6, 6.07) is 1.20. The van der Waals surface area contributed by atoms with Gasteiger partial charge < -0.3 is 10.5 Å². The Balaban J connectivity index is 2.76. The number of nitrogens with one attached hydrogen (secondary N) is 1. The monoisotopic (exact) mass is 322 g/mol. The Hall–Kier alpha value is -1.83. The quantitative estimate of drug-likeness (QED) is 0.836. The predicted molar refractivity (Wildman–Crippen MR) is 74.0 cm³/mol. The molecule has 8 heteroatoms. The van der Waals surface area contributed by atoms with Crippen molar-refractivity contribution in [1.29, 1.82) is 0 Å². The maximum Gasteiger partial charge on any atom is 0.412 e. The van der Waals surface area contributed by atoms with Gasteiger partial charge in [-0.05, 0) is 44.9 Å². The van der Waals surface area contributed by atoms with Crippen molar-refractivity contribution in [1.82, 2.24) is 0 Å². The minimum absolute atomic E-state index is 0.0797. The molecule has 1 aromatic rings. The molecule has 1 atom stereocenters. The number of rotatable bonds is 3. The lowest BCUT2D eigenvalue weighted by molar-refractivity contribution is -0.147. The molecule has 1 amide bonds. The van der Waals surface area contributed by atoms with E-state index >= 15 is 0 Å². The third-order valence-electron chi connectivity index (χ3n) is 2.56. The summed E-state index contributed by atoms with van der Waals surface area (Å²) in [6.07, 6.45) is -6.06. The van der Waals surface area contributed by atoms with E-state index < -0.39 is 36.2 Å². The molecule has 1 aromatic carbocycles. The average Bonchev–Trinajstić information content (AvgIpc) is 2.28. The first kappa shape index (κ1) is 18.2. The van der Waals surface area contributed by atoms with Gasteiger partial charge in [0.2, 0.25) is 0 Å². The first-order chi connectivity index (χ1) is 9.88. The molecule has 0 aromatic heterocycles. The Kier molecular flexibility index (Phi) is 5.39. The van der Waals surface area contributed by atoms with E-state index in [1.807, 2.05) is 0 Å². The number of carbonyl (C=O) groups excluding carboxylic acids is 1. The number of nitrogens with two attached hydrogens (primary N) is 1. The van der Waals surface area contributed by atoms with Gasteiger partial charge in [0, 0.05) is 5.69 Å². The number of carbonyl (C=O) groups is 1. The zero-order valence-electron chi connectivity index (χ0n) is 12.4. The van der Waals surface area contributed by atoms with Gasteiger partial charge in [0.25, 0.3) is 0 Å². The van der Waals surface area contributed by atoms with E-state index in [0.717, 1.165) is 12.1 Å². The van der Waals surface area contributed by atoms with Crippen molar-refractivity contribution < 1.29 is 27.1 Å². The molecule has 0 aliphatic carbocycles. The van der Waals surface area contributed by atoms with Crippen LogP contribution >= 0.6 is 0 Å². The number of alkyl halides is 3. The molecule has 0 aliphatic heterocycles. The number of amides is 1. The van der Waals surface area contributed by atoms with Gasteiger partial charge in [0.15, 0.2) is 0 Å². The number of anilines is 1. The van der Waals surface area contributed by atoms with Crippen molar-refractivity contribution in [2.75, 3.05) is 5.32 Å². The fraction of sp³-hybridized carbons (Fsp3) is 0.500. The summed E-state index contributed by atoms with van der Waals surface area (Å²) >= 11 is 0. The van der Waals surface area contributed by atoms with E-state index in [-0.39, 0.29) is 11.3 Å². The fourth-order valence-electron chi connectivity index (χ4n) is 1.56. The lowest BCUT2D eigenvalue weighted by atomic mass is 10.1. The largest absolute Gasteiger partial charge is 0.444 e. The summed E-state index contributed by atoms with van der Waals surface area (Å²) in [5.74, 6) is -0.881. The molecule has 0 heterocycles. The maximum absolute atomic E-state index is 13.8. The zero-order valence-corrected chi connectivity index (χ0v) is 12.4. The minimum atomic E-state index is -4.60. The molecule has 0 aliphatic rings. The second kappa shape index (κ2) is 6.51. The van der Waals surface area contributed by atoms with Gasteiger partial charge in [-0.2, -0.15) is 13.2 Å². The van der Waals surface area contributed by atoms with Gasteiger partial charge in [-0.25, -0.2) is 9.18 Å². The molecular weight excluding hydrogens is 304 g/mol. The second-order valence-electron chi connectivity index (χ2n) is 5.79. The third kappa shape index (κ3) is 5.88. The Morgan fingerprint density at radius 3 is 2.36 bits per heavy atom. The molecule has 3 N–H and O–H groups in total. The smallest absolute Gasteiger partial charge is 0.412 e. The summed E-state index contributed by atoms with van der Waals surface area (Å²) in [6.45, 7) is 4.98. The molecule has 124 valence electrons. The van der Waals surface area contributed by atoms with Crippen LogP contribution in [0.2, 0.25) is 0 Å². The van der Waals surface area contributed by atoms with Crippen LogP contribution in [0.25, 0.3) is 0 Å². The van der Waals surface area contributed by atoms with Crippen LogP contribution in [0.1, 0.15) is 26.3 Å². The van der Waals surface area contributed by atoms with Crippen LogP contribution in [0, 0.1) is 5.82 Å². The van der Waals surface area contributed by atoms with Crippen LogP contribution in [-0.4, -0.2) is 23.9 Å². The highest BCUT2D eigenvalue weighted by atomic mass is 19.4. The van der Waals surface area contributed by atoms with Crippen LogP contribution in [-0.2, 0) is 11.2 Å². The number of benzene rings is 1. The first-order valence-corrected chi connectivity index (χ1v) is 6.49. The highest BCUT2D eigenvalue weighted by molar-refractivity contribution is 5.84. The Labute approximate surface area is 125 Å². The molecule has 1 rings (SSSR count). The summed E-state index contributed by atoms with van der Waals surface area (Å²) in [5, 5.41) is 2.30. The standard InChI is InChI=1S/C14H18F4N2O2/c1-13(2,3)22-12(21)20-9-5-4-8(10(15)7-9)6-11(19)14(16,17)18/h4-5,7,11H,6,19H2,1-3H3,(H,20,21). The predicted octanol–water partition coefficient (Wildman–Crippen LogP) is 3.60. The van der Waals surface area contributed by atoms with Crippen LogP contribution in [0.15, 0.2) is 18.2 Å². The number of ether oxygens (including phenoxy) is 1. The molecular formula is C14H18F4N2O2. The van der Waals surface area contributed by atoms with Gasteiger partial charge >= 0.3 is 12.3 Å². The van der Waals surface area contributed by atoms with Crippen LogP contribution < -0.4 is 11.1 Å². The van der Waals surface area contributed by atoms with E-state index in [1.54, 1.807) is 20.8 Å². The molecule has 0 saturated heterocycles. The van der Waals surface area contributed by atoms with E-state index in [4.69, 9.17) is 10.5 Å². The highest BCUT2D eigenvalue weighted by Gasteiger charge is 2.36. The van der Waals surface area contributed by atoms with Crippen LogP contribution in [0.3, 0.4) is 0 Å². The summed E-state index contributed by atoms with van der Waals surface area (Å²) in [7, 11) is 0. The van der Waals surface area contributed by atoms with Crippen LogP contribution in [0.4, 0.5) is 28.0 Å². The Bertz CT molecular complexity index is 539. The third-order valence-corrected chi connectivity index (χ3v) is 2.56. The van der Waals surface area contributed by atoms with E-state index in [2.05, 4.69) is 5.32 Å². The highest BCUT2D eigenvalue weighted by Crippen LogP contribution is 2.24. The fourth-order valence-corrected chi connectivity index (χ4v) is 1.56. The number of hydrogen-bond acceptors (Lipinski definition) is 3. The van der Waals surface area contributed by atoms with Gasteiger partial charge in [-0.15, -0.1) is 0 Å². The normalized spacial score (nSPS) is 13.6. The maximum atomic E-state index is 13.8. The molecule has 0 bridgehead atoms. The lowest BCUT2D eigenvalue weighted by Crippen LogP contribution is -2.39. The SMILES string of the molecule is CC(C)(C)OC(=O)Nc1ccc(CC(N)C(F)(F)F)c(F)c1. The van der Waals surface area contributed by atoms with Crippen molar-refractivity contribution in [2.45, 2.75) is 45.0 Å². The van der Waals surface area contributed by atoms with Gasteiger partial charge in [0.05, 0.1) is 0 Å². The van der Waals surface area contributed by atoms with Gasteiger partial charge in [-0.3, -0.25) is 5.32 Å². The zero-order chi connectivity index (χ0) is 17.1. The Morgan fingerprint density at radius 2 is 1.91 bits per heavy atom. The van der Waals surface area contributed by atoms with E-state index in [0.29, 0.717) is 0 Å². The number of halogens is 4. The topological polar surface area (TPSA) is 64.3 Å². The van der Waals surface area contributed by atoms with Crippen molar-refractivity contribution in [3.8, 4) is 0 Å². The summed E-state index contributed by atoms with van der Waals surface area (Å²) in [4.78, 5) is 11.5.